The predicted molar refractivity (Wildman–Crippen MR) is 75.4 cm³/mol. The van der Waals surface area contributed by atoms with Crippen LogP contribution in [-0.4, -0.2) is 20.2 Å². The number of nitrogens with zero attached hydrogens (tertiary/aromatic N) is 2. The fourth-order valence-electron chi connectivity index (χ4n) is 1.69. The van der Waals surface area contributed by atoms with Gasteiger partial charge in [-0.25, -0.2) is 0 Å². The molecule has 0 amide bonds. The highest BCUT2D eigenvalue weighted by atomic mass is 16.3. The van der Waals surface area contributed by atoms with Crippen LogP contribution >= 0.6 is 0 Å². The minimum atomic E-state index is -1.37. The highest BCUT2D eigenvalue weighted by Gasteiger charge is 2.24. The molecule has 4 heteroatoms. The van der Waals surface area contributed by atoms with Gasteiger partial charge in [-0.15, -0.1) is 0 Å². The Morgan fingerprint density at radius 2 is 1.25 bits per heavy atom. The van der Waals surface area contributed by atoms with Crippen LogP contribution in [0.1, 0.15) is 25.0 Å². The van der Waals surface area contributed by atoms with Crippen molar-refractivity contribution in [3.63, 3.8) is 0 Å². The van der Waals surface area contributed by atoms with E-state index in [1.54, 1.807) is 62.9 Å². The van der Waals surface area contributed by atoms with E-state index in [1.807, 2.05) is 0 Å². The summed E-state index contributed by atoms with van der Waals surface area (Å²) in [6.45, 7) is 3.13. The van der Waals surface area contributed by atoms with Crippen molar-refractivity contribution < 1.29 is 10.2 Å². The average Bonchev–Trinajstić information content (AvgIpc) is 2.47. The average molecular weight is 268 g/mol. The van der Waals surface area contributed by atoms with Crippen LogP contribution in [0.5, 0.6) is 0 Å². The van der Waals surface area contributed by atoms with Crippen LogP contribution in [0.2, 0.25) is 0 Å². The number of pyridine rings is 2. The van der Waals surface area contributed by atoms with Crippen molar-refractivity contribution in [2.24, 2.45) is 0 Å². The minimum absolute atomic E-state index is 0.578. The highest BCUT2D eigenvalue weighted by Crippen LogP contribution is 2.22. The van der Waals surface area contributed by atoms with Gasteiger partial charge in [0.05, 0.1) is 0 Å². The maximum Gasteiger partial charge on any atom is 0.149 e. The summed E-state index contributed by atoms with van der Waals surface area (Å²) in [5.74, 6) is 5.40. The van der Waals surface area contributed by atoms with Crippen LogP contribution in [0, 0.1) is 11.8 Å². The molecule has 2 aromatic heterocycles. The Morgan fingerprint density at radius 1 is 0.850 bits per heavy atom. The molecule has 2 atom stereocenters. The molecule has 4 nitrogen and oxygen atoms in total. The fraction of sp³-hybridized carbons (Fsp3) is 0.250. The van der Waals surface area contributed by atoms with Crippen LogP contribution in [0.4, 0.5) is 0 Å². The Bertz CT molecular complexity index is 570. The normalized spacial score (nSPS) is 16.4. The minimum Gasteiger partial charge on any atom is -0.374 e. The van der Waals surface area contributed by atoms with E-state index in [2.05, 4.69) is 21.8 Å². The third-order valence-corrected chi connectivity index (χ3v) is 3.00. The van der Waals surface area contributed by atoms with E-state index in [9.17, 15) is 10.2 Å². The first kappa shape index (κ1) is 14.2. The van der Waals surface area contributed by atoms with Crippen LogP contribution < -0.4 is 0 Å². The summed E-state index contributed by atoms with van der Waals surface area (Å²) >= 11 is 0. The van der Waals surface area contributed by atoms with Gasteiger partial charge < -0.3 is 10.2 Å². The van der Waals surface area contributed by atoms with E-state index in [0.29, 0.717) is 11.1 Å². The van der Waals surface area contributed by atoms with Gasteiger partial charge in [0.25, 0.3) is 0 Å². The quantitative estimate of drug-likeness (QED) is 0.812. The Labute approximate surface area is 118 Å². The predicted octanol–water partition coefficient (Wildman–Crippen LogP) is 1.60. The van der Waals surface area contributed by atoms with Crippen molar-refractivity contribution in [3.05, 3.63) is 60.2 Å². The summed E-state index contributed by atoms with van der Waals surface area (Å²) in [5.41, 5.74) is -1.59. The van der Waals surface area contributed by atoms with Crippen molar-refractivity contribution in [1.82, 2.24) is 9.97 Å². The van der Waals surface area contributed by atoms with E-state index in [-0.39, 0.29) is 0 Å². The molecule has 2 aromatic rings. The molecule has 0 unspecified atom stereocenters. The van der Waals surface area contributed by atoms with Gasteiger partial charge in [0, 0.05) is 35.9 Å². The lowest BCUT2D eigenvalue weighted by molar-refractivity contribution is 0.109. The van der Waals surface area contributed by atoms with E-state index >= 15 is 0 Å². The standard InChI is InChI=1S/C16H16N2O2/c1-15(19,13-5-3-9-17-11-13)7-8-16(2,20)14-6-4-10-18-12-14/h3-6,9-12,19-20H,1-2H3/t15-,16+. The van der Waals surface area contributed by atoms with Crippen molar-refractivity contribution in [3.8, 4) is 11.8 Å². The Morgan fingerprint density at radius 3 is 1.55 bits per heavy atom. The molecule has 0 aliphatic carbocycles. The first-order valence-electron chi connectivity index (χ1n) is 6.22. The summed E-state index contributed by atoms with van der Waals surface area (Å²) < 4.78 is 0. The smallest absolute Gasteiger partial charge is 0.149 e. The zero-order chi connectivity index (χ0) is 14.6. The molecule has 102 valence electrons. The first-order chi connectivity index (χ1) is 9.42. The Kier molecular flexibility index (Phi) is 3.84. The van der Waals surface area contributed by atoms with Crippen LogP contribution in [0.25, 0.3) is 0 Å². The first-order valence-corrected chi connectivity index (χ1v) is 6.22. The maximum absolute atomic E-state index is 10.4. The van der Waals surface area contributed by atoms with Crippen molar-refractivity contribution >= 4 is 0 Å². The largest absolute Gasteiger partial charge is 0.374 e. The van der Waals surface area contributed by atoms with Crippen LogP contribution in [0.15, 0.2) is 49.1 Å². The molecule has 0 fully saturated rings. The Hall–Kier alpha value is -2.22. The molecule has 0 spiro atoms. The molecule has 0 aromatic carbocycles. The van der Waals surface area contributed by atoms with Gasteiger partial charge in [-0.2, -0.15) is 0 Å². The molecule has 0 saturated heterocycles. The number of rotatable bonds is 2. The fourth-order valence-corrected chi connectivity index (χ4v) is 1.69. The summed E-state index contributed by atoms with van der Waals surface area (Å²) in [6, 6.07) is 6.93. The van der Waals surface area contributed by atoms with Gasteiger partial charge in [0.2, 0.25) is 0 Å². The van der Waals surface area contributed by atoms with Gasteiger partial charge >= 0.3 is 0 Å². The lowest BCUT2D eigenvalue weighted by Crippen LogP contribution is -2.23. The SMILES string of the molecule is C[C@](O)(C#C[C@@](C)(O)c1cccnc1)c1cccnc1. The molecule has 0 saturated carbocycles. The van der Waals surface area contributed by atoms with Gasteiger partial charge in [0.15, 0.2) is 0 Å². The van der Waals surface area contributed by atoms with Crippen molar-refractivity contribution in [2.75, 3.05) is 0 Å². The zero-order valence-electron chi connectivity index (χ0n) is 11.4. The van der Waals surface area contributed by atoms with Gasteiger partial charge in [-0.1, -0.05) is 24.0 Å². The zero-order valence-corrected chi connectivity index (χ0v) is 11.4. The molecular formula is C16H16N2O2. The molecule has 0 bridgehead atoms. The summed E-state index contributed by atoms with van der Waals surface area (Å²) in [5, 5.41) is 20.7. The third kappa shape index (κ3) is 3.21. The van der Waals surface area contributed by atoms with E-state index in [0.717, 1.165) is 0 Å². The number of aliphatic hydroxyl groups is 2. The van der Waals surface area contributed by atoms with Crippen LogP contribution in [-0.2, 0) is 11.2 Å². The number of aromatic nitrogens is 2. The van der Waals surface area contributed by atoms with Crippen LogP contribution in [0.3, 0.4) is 0 Å². The number of hydrogen-bond donors (Lipinski definition) is 2. The monoisotopic (exact) mass is 268 g/mol. The van der Waals surface area contributed by atoms with E-state index in [4.69, 9.17) is 0 Å². The summed E-state index contributed by atoms with van der Waals surface area (Å²) in [6.07, 6.45) is 6.35. The topological polar surface area (TPSA) is 66.2 Å². The molecule has 2 rings (SSSR count). The summed E-state index contributed by atoms with van der Waals surface area (Å²) in [4.78, 5) is 7.91. The maximum atomic E-state index is 10.4. The Balaban J connectivity index is 2.30. The second-order valence-electron chi connectivity index (χ2n) is 4.88. The van der Waals surface area contributed by atoms with E-state index in [1.165, 1.54) is 0 Å². The molecular weight excluding hydrogens is 252 g/mol. The highest BCUT2D eigenvalue weighted by molar-refractivity contribution is 5.34. The van der Waals surface area contributed by atoms with Gasteiger partial charge in [-0.3, -0.25) is 9.97 Å². The van der Waals surface area contributed by atoms with Crippen molar-refractivity contribution in [1.29, 1.82) is 0 Å². The second-order valence-corrected chi connectivity index (χ2v) is 4.88. The second kappa shape index (κ2) is 5.41. The van der Waals surface area contributed by atoms with E-state index < -0.39 is 11.2 Å². The molecule has 2 heterocycles. The van der Waals surface area contributed by atoms with Crippen molar-refractivity contribution in [2.45, 2.75) is 25.0 Å². The molecule has 20 heavy (non-hydrogen) atoms. The lowest BCUT2D eigenvalue weighted by atomic mass is 9.94. The van der Waals surface area contributed by atoms with Gasteiger partial charge in [-0.05, 0) is 26.0 Å². The molecule has 0 aliphatic rings. The van der Waals surface area contributed by atoms with Gasteiger partial charge in [0.1, 0.15) is 11.2 Å². The molecule has 0 aliphatic heterocycles. The molecule has 0 radical (unpaired) electrons. The molecule has 2 N–H and O–H groups in total. The summed E-state index contributed by atoms with van der Waals surface area (Å²) in [7, 11) is 0. The lowest BCUT2D eigenvalue weighted by Gasteiger charge is -2.20. The third-order valence-electron chi connectivity index (χ3n) is 3.00. The number of hydrogen-bond acceptors (Lipinski definition) is 4.